The molecule has 212 valence electrons. The van der Waals surface area contributed by atoms with Gasteiger partial charge in [-0.3, -0.25) is 13.9 Å². The van der Waals surface area contributed by atoms with Crippen LogP contribution in [-0.4, -0.2) is 35.7 Å². The van der Waals surface area contributed by atoms with Crippen LogP contribution in [0.2, 0.25) is 0 Å². The Labute approximate surface area is 219 Å². The van der Waals surface area contributed by atoms with E-state index < -0.39 is 7.82 Å². The maximum atomic E-state index is 12.8. The second-order valence-electron chi connectivity index (χ2n) is 10.3. The van der Waals surface area contributed by atoms with Crippen LogP contribution in [0.1, 0.15) is 163 Å². The predicted molar refractivity (Wildman–Crippen MR) is 152 cm³/mol. The molecular formula is C29H62NO4P. The summed E-state index contributed by atoms with van der Waals surface area (Å²) >= 11 is 0. The lowest BCUT2D eigenvalue weighted by atomic mass is 10.1. The molecule has 1 N–H and O–H groups in total. The fraction of sp³-hybridized carbons (Fsp3) is 1.00. The largest absolute Gasteiger partial charge is 0.473 e. The van der Waals surface area contributed by atoms with E-state index in [1.165, 1.54) is 83.5 Å². The summed E-state index contributed by atoms with van der Waals surface area (Å²) in [4.78, 5) is 12.8. The van der Waals surface area contributed by atoms with Crippen molar-refractivity contribution in [3.8, 4) is 0 Å². The Hall–Kier alpha value is 0.0700. The van der Waals surface area contributed by atoms with Gasteiger partial charge in [0.25, 0.3) is 0 Å². The van der Waals surface area contributed by atoms with Gasteiger partial charge in [-0.2, -0.15) is 0 Å². The third-order valence-corrected chi connectivity index (χ3v) is 7.84. The molecule has 0 radical (unpaired) electrons. The molecule has 0 aromatic heterocycles. The minimum absolute atomic E-state index is 0.301. The smallest absolute Gasteiger partial charge is 0.302 e. The highest BCUT2D eigenvalue weighted by Crippen LogP contribution is 2.46. The molecule has 0 amide bonds. The fourth-order valence-corrected chi connectivity index (χ4v) is 5.48. The van der Waals surface area contributed by atoms with Crippen LogP contribution in [0.15, 0.2) is 0 Å². The average Bonchev–Trinajstić information content (AvgIpc) is 2.84. The van der Waals surface area contributed by atoms with Gasteiger partial charge in [-0.05, 0) is 32.1 Å². The van der Waals surface area contributed by atoms with E-state index in [1.54, 1.807) is 0 Å². The number of unbranched alkanes of at least 4 members (excludes halogenated alkanes) is 16. The van der Waals surface area contributed by atoms with Crippen molar-refractivity contribution in [3.63, 3.8) is 0 Å². The van der Waals surface area contributed by atoms with Crippen molar-refractivity contribution in [3.05, 3.63) is 0 Å². The van der Waals surface area contributed by atoms with Crippen molar-refractivity contribution in [1.82, 2.24) is 4.90 Å². The minimum Gasteiger partial charge on any atom is -0.302 e. The van der Waals surface area contributed by atoms with E-state index in [2.05, 4.69) is 32.6 Å². The summed E-state index contributed by atoms with van der Waals surface area (Å²) in [7, 11) is -4.05. The molecule has 5 nitrogen and oxygen atoms in total. The molecule has 0 aliphatic heterocycles. The number of nitrogens with zero attached hydrogens (tertiary/aromatic N) is 1. The third kappa shape index (κ3) is 23.0. The van der Waals surface area contributed by atoms with Crippen LogP contribution in [0.4, 0.5) is 0 Å². The standard InChI is InChI=1S/C29H62NO4P/c1-5-9-13-16-19-22-26-30(27-23-20-17-14-10-6-2)29(25-12-8-4)34-35(31,32)33-28-24-21-18-15-11-7-3/h29H,5-28H2,1-4H3,(H,31,32). The monoisotopic (exact) mass is 519 g/mol. The van der Waals surface area contributed by atoms with Gasteiger partial charge in [-0.25, -0.2) is 4.57 Å². The Morgan fingerprint density at radius 2 is 1.00 bits per heavy atom. The number of rotatable bonds is 28. The number of phosphoric ester groups is 1. The zero-order chi connectivity index (χ0) is 26.0. The summed E-state index contributed by atoms with van der Waals surface area (Å²) in [6, 6.07) is 0. The molecule has 0 saturated heterocycles. The Kier molecular flexibility index (Phi) is 25.8. The Balaban J connectivity index is 4.80. The van der Waals surface area contributed by atoms with E-state index in [-0.39, 0.29) is 6.23 Å². The van der Waals surface area contributed by atoms with E-state index in [9.17, 15) is 9.46 Å². The topological polar surface area (TPSA) is 59.0 Å². The molecule has 0 fully saturated rings. The van der Waals surface area contributed by atoms with Crippen molar-refractivity contribution in [2.75, 3.05) is 19.7 Å². The summed E-state index contributed by atoms with van der Waals surface area (Å²) in [5.74, 6) is 0. The summed E-state index contributed by atoms with van der Waals surface area (Å²) in [5, 5.41) is 0. The van der Waals surface area contributed by atoms with E-state index in [4.69, 9.17) is 9.05 Å². The molecule has 0 aromatic rings. The normalized spacial score (nSPS) is 14.5. The molecule has 0 spiro atoms. The summed E-state index contributed by atoms with van der Waals surface area (Å²) < 4.78 is 24.1. The molecule has 6 heteroatoms. The van der Waals surface area contributed by atoms with Crippen LogP contribution < -0.4 is 0 Å². The lowest BCUT2D eigenvalue weighted by Crippen LogP contribution is -2.38. The second kappa shape index (κ2) is 25.7. The summed E-state index contributed by atoms with van der Waals surface area (Å²) in [6.45, 7) is 11.0. The van der Waals surface area contributed by atoms with Crippen LogP contribution >= 0.6 is 7.82 Å². The van der Waals surface area contributed by atoms with Gasteiger partial charge in [0.1, 0.15) is 6.23 Å². The van der Waals surface area contributed by atoms with Crippen LogP contribution in [0.3, 0.4) is 0 Å². The van der Waals surface area contributed by atoms with Gasteiger partial charge in [0.05, 0.1) is 6.61 Å². The Bertz CT molecular complexity index is 462. The zero-order valence-electron chi connectivity index (χ0n) is 24.1. The second-order valence-corrected chi connectivity index (χ2v) is 11.7. The molecule has 0 rings (SSSR count). The first kappa shape index (κ1) is 35.1. The van der Waals surface area contributed by atoms with E-state index >= 15 is 0 Å². The van der Waals surface area contributed by atoms with E-state index in [0.29, 0.717) is 6.61 Å². The first-order valence-electron chi connectivity index (χ1n) is 15.4. The average molecular weight is 520 g/mol. The van der Waals surface area contributed by atoms with E-state index in [0.717, 1.165) is 64.5 Å². The summed E-state index contributed by atoms with van der Waals surface area (Å²) in [5.41, 5.74) is 0. The van der Waals surface area contributed by atoms with Crippen LogP contribution in [0, 0.1) is 0 Å². The fourth-order valence-electron chi connectivity index (χ4n) is 4.52. The molecule has 2 atom stereocenters. The molecular weight excluding hydrogens is 457 g/mol. The molecule has 0 aromatic carbocycles. The third-order valence-electron chi connectivity index (χ3n) is 6.82. The van der Waals surface area contributed by atoms with Gasteiger partial charge in [-0.15, -0.1) is 0 Å². The van der Waals surface area contributed by atoms with Gasteiger partial charge >= 0.3 is 7.82 Å². The van der Waals surface area contributed by atoms with Gasteiger partial charge in [0.2, 0.25) is 0 Å². The highest BCUT2D eigenvalue weighted by molar-refractivity contribution is 7.47. The highest BCUT2D eigenvalue weighted by atomic mass is 31.2. The predicted octanol–water partition coefficient (Wildman–Crippen LogP) is 10.0. The van der Waals surface area contributed by atoms with Crippen molar-refractivity contribution in [2.24, 2.45) is 0 Å². The molecule has 2 unspecified atom stereocenters. The highest BCUT2D eigenvalue weighted by Gasteiger charge is 2.29. The Morgan fingerprint density at radius 3 is 1.46 bits per heavy atom. The first-order valence-corrected chi connectivity index (χ1v) is 16.9. The number of hydrogen-bond donors (Lipinski definition) is 1. The quantitative estimate of drug-likeness (QED) is 0.0633. The van der Waals surface area contributed by atoms with Crippen molar-refractivity contribution >= 4 is 7.82 Å². The Morgan fingerprint density at radius 1 is 0.600 bits per heavy atom. The van der Waals surface area contributed by atoms with Crippen LogP contribution in [-0.2, 0) is 13.6 Å². The van der Waals surface area contributed by atoms with Gasteiger partial charge in [-0.1, -0.05) is 130 Å². The zero-order valence-corrected chi connectivity index (χ0v) is 25.0. The first-order chi connectivity index (χ1) is 17.0. The van der Waals surface area contributed by atoms with Crippen molar-refractivity contribution < 1.29 is 18.5 Å². The van der Waals surface area contributed by atoms with Crippen LogP contribution in [0.25, 0.3) is 0 Å². The van der Waals surface area contributed by atoms with Gasteiger partial charge < -0.3 is 4.89 Å². The van der Waals surface area contributed by atoms with Crippen LogP contribution in [0.5, 0.6) is 0 Å². The van der Waals surface area contributed by atoms with Gasteiger partial charge in [0, 0.05) is 13.1 Å². The molecule has 35 heavy (non-hydrogen) atoms. The van der Waals surface area contributed by atoms with Crippen molar-refractivity contribution in [2.45, 2.75) is 169 Å². The molecule has 0 aliphatic rings. The number of hydrogen-bond acceptors (Lipinski definition) is 4. The summed E-state index contributed by atoms with van der Waals surface area (Å²) in [6.07, 6.45) is 24.3. The number of phosphoric acid groups is 1. The molecule has 0 bridgehead atoms. The maximum Gasteiger partial charge on any atom is 0.473 e. The van der Waals surface area contributed by atoms with E-state index in [1.807, 2.05) is 0 Å². The van der Waals surface area contributed by atoms with Gasteiger partial charge in [0.15, 0.2) is 0 Å². The lowest BCUT2D eigenvalue weighted by molar-refractivity contribution is -0.0133. The maximum absolute atomic E-state index is 12.8. The molecule has 0 saturated carbocycles. The lowest BCUT2D eigenvalue weighted by Gasteiger charge is -2.32. The van der Waals surface area contributed by atoms with Crippen molar-refractivity contribution in [1.29, 1.82) is 0 Å². The molecule has 0 heterocycles. The minimum atomic E-state index is -4.05. The molecule has 0 aliphatic carbocycles. The SMILES string of the molecule is CCCCCCCCOP(=O)(O)OC(CCCC)N(CCCCCCCC)CCCCCCCC.